The molecule has 1 aliphatic heterocycles. The zero-order valence-corrected chi connectivity index (χ0v) is 22.9. The molecular weight excluding hydrogens is 517 g/mol. The number of amides is 2. The summed E-state index contributed by atoms with van der Waals surface area (Å²) in [6.45, 7) is 2.53. The number of halogens is 2. The summed E-state index contributed by atoms with van der Waals surface area (Å²) < 4.78 is 11.7. The van der Waals surface area contributed by atoms with Crippen molar-refractivity contribution in [3.63, 3.8) is 0 Å². The highest BCUT2D eigenvalue weighted by atomic mass is 35.5. The molecule has 2 amide bonds. The summed E-state index contributed by atoms with van der Waals surface area (Å²) in [5.41, 5.74) is 2.14. The third kappa shape index (κ3) is 9.79. The zero-order chi connectivity index (χ0) is 25.9. The van der Waals surface area contributed by atoms with E-state index in [1.807, 2.05) is 43.4 Å². The average molecular weight is 555 g/mol. The summed E-state index contributed by atoms with van der Waals surface area (Å²) in [5.74, 6) is 0.347. The maximum atomic E-state index is 13.0. The van der Waals surface area contributed by atoms with E-state index in [1.54, 1.807) is 12.1 Å². The van der Waals surface area contributed by atoms with Crippen LogP contribution in [0.15, 0.2) is 48.5 Å². The Kier molecular flexibility index (Phi) is 13.2. The predicted octanol–water partition coefficient (Wildman–Crippen LogP) is 4.61. The van der Waals surface area contributed by atoms with Crippen LogP contribution in [0.25, 0.3) is 0 Å². The van der Waals surface area contributed by atoms with Crippen molar-refractivity contribution in [2.24, 2.45) is 5.92 Å². The second-order valence-corrected chi connectivity index (χ2v) is 9.59. The molecule has 10 heteroatoms. The molecule has 0 radical (unpaired) electrons. The Labute approximate surface area is 230 Å². The maximum absolute atomic E-state index is 13.0. The molecule has 3 N–H and O–H groups in total. The summed E-state index contributed by atoms with van der Waals surface area (Å²) in [6.07, 6.45) is 1.67. The highest BCUT2D eigenvalue weighted by Crippen LogP contribution is 2.28. The van der Waals surface area contributed by atoms with Gasteiger partial charge in [-0.3, -0.25) is 4.79 Å². The highest BCUT2D eigenvalue weighted by molar-refractivity contribution is 6.30. The minimum absolute atomic E-state index is 0. The van der Waals surface area contributed by atoms with Gasteiger partial charge in [0.25, 0.3) is 5.91 Å². The molecule has 1 saturated heterocycles. The number of carboxylic acid groups (broad SMARTS) is 1. The Morgan fingerprint density at radius 3 is 2.59 bits per heavy atom. The third-order valence-electron chi connectivity index (χ3n) is 6.43. The number of hydrogen-bond acceptors (Lipinski definition) is 5. The first-order chi connectivity index (χ1) is 17.4. The van der Waals surface area contributed by atoms with Gasteiger partial charge in [-0.15, -0.1) is 12.4 Å². The Balaban J connectivity index is 0.00000481. The number of hydrogen-bond donors (Lipinski definition) is 3. The summed E-state index contributed by atoms with van der Waals surface area (Å²) in [6, 6.07) is 14.8. The minimum Gasteiger partial charge on any atom is -0.465 e. The molecule has 204 valence electrons. The van der Waals surface area contributed by atoms with E-state index in [9.17, 15) is 9.59 Å². The first-order valence-electron chi connectivity index (χ1n) is 12.3. The van der Waals surface area contributed by atoms with E-state index in [0.29, 0.717) is 23.0 Å². The standard InChI is InChI=1S/C27H36ClN3O5.ClH/c1-29-24(14-19-6-5-12-35-18-19)17-30-26(32)22-9-3-7-20(15-22)25(21-8-4-10-23(28)16-21)36-13-11-31(2)27(33)34;/h3-4,7-10,15-16,19,24-25,29H,5-6,11-14,17-18H2,1-2H3,(H,30,32)(H,33,34);1H/t19-,24+,25-;/m1./s1. The van der Waals surface area contributed by atoms with Gasteiger partial charge in [-0.2, -0.15) is 0 Å². The second-order valence-electron chi connectivity index (χ2n) is 9.15. The monoisotopic (exact) mass is 553 g/mol. The van der Waals surface area contributed by atoms with E-state index >= 15 is 0 Å². The van der Waals surface area contributed by atoms with Gasteiger partial charge in [-0.1, -0.05) is 35.9 Å². The molecule has 1 heterocycles. The van der Waals surface area contributed by atoms with Crippen molar-refractivity contribution in [2.75, 3.05) is 47.0 Å². The van der Waals surface area contributed by atoms with Gasteiger partial charge in [0, 0.05) is 50.0 Å². The van der Waals surface area contributed by atoms with E-state index in [0.717, 1.165) is 48.5 Å². The number of ether oxygens (including phenoxy) is 2. The van der Waals surface area contributed by atoms with Gasteiger partial charge >= 0.3 is 6.09 Å². The van der Waals surface area contributed by atoms with Crippen LogP contribution in [0, 0.1) is 5.92 Å². The van der Waals surface area contributed by atoms with Crippen LogP contribution in [0.2, 0.25) is 5.02 Å². The number of benzene rings is 2. The highest BCUT2D eigenvalue weighted by Gasteiger charge is 2.21. The SMILES string of the molecule is CN[C@H](CNC(=O)c1cccc([C@@H](OCCN(C)C(=O)O)c2cccc(Cl)c2)c1)C[C@H]1CCCOC1.Cl. The second kappa shape index (κ2) is 15.8. The van der Waals surface area contributed by atoms with Crippen LogP contribution in [0.1, 0.15) is 46.9 Å². The van der Waals surface area contributed by atoms with Gasteiger partial charge in [0.15, 0.2) is 0 Å². The van der Waals surface area contributed by atoms with Crippen LogP contribution in [0.4, 0.5) is 4.79 Å². The lowest BCUT2D eigenvalue weighted by atomic mass is 9.94. The molecule has 2 aromatic rings. The summed E-state index contributed by atoms with van der Waals surface area (Å²) in [4.78, 5) is 25.3. The zero-order valence-electron chi connectivity index (χ0n) is 21.3. The molecule has 8 nitrogen and oxygen atoms in total. The lowest BCUT2D eigenvalue weighted by Crippen LogP contribution is -2.41. The first-order valence-corrected chi connectivity index (χ1v) is 12.7. The van der Waals surface area contributed by atoms with E-state index in [-0.39, 0.29) is 37.5 Å². The molecule has 0 bridgehead atoms. The van der Waals surface area contributed by atoms with Crippen LogP contribution >= 0.6 is 24.0 Å². The molecule has 1 fully saturated rings. The largest absolute Gasteiger partial charge is 0.465 e. The lowest BCUT2D eigenvalue weighted by molar-refractivity contribution is 0.0478. The van der Waals surface area contributed by atoms with Crippen molar-refractivity contribution >= 4 is 36.0 Å². The number of carbonyl (C=O) groups is 2. The summed E-state index contributed by atoms with van der Waals surface area (Å²) >= 11 is 6.22. The molecule has 0 saturated carbocycles. The maximum Gasteiger partial charge on any atom is 0.407 e. The van der Waals surface area contributed by atoms with Gasteiger partial charge in [0.05, 0.1) is 6.61 Å². The average Bonchev–Trinajstić information content (AvgIpc) is 2.89. The molecule has 0 unspecified atom stereocenters. The number of carbonyl (C=O) groups excluding carboxylic acids is 1. The Bertz CT molecular complexity index is 1000. The van der Waals surface area contributed by atoms with Crippen LogP contribution in [0.3, 0.4) is 0 Å². The molecule has 37 heavy (non-hydrogen) atoms. The van der Waals surface area contributed by atoms with Gasteiger partial charge in [-0.05, 0) is 67.6 Å². The van der Waals surface area contributed by atoms with E-state index in [4.69, 9.17) is 26.2 Å². The van der Waals surface area contributed by atoms with Crippen molar-refractivity contribution in [3.05, 3.63) is 70.2 Å². The minimum atomic E-state index is -1.02. The normalized spacial score (nSPS) is 16.8. The lowest BCUT2D eigenvalue weighted by Gasteiger charge is -2.26. The van der Waals surface area contributed by atoms with Crippen molar-refractivity contribution in [3.8, 4) is 0 Å². The Morgan fingerprint density at radius 1 is 1.22 bits per heavy atom. The molecule has 1 aliphatic rings. The summed E-state index contributed by atoms with van der Waals surface area (Å²) in [5, 5.41) is 16.0. The van der Waals surface area contributed by atoms with Gasteiger partial charge in [0.2, 0.25) is 0 Å². The van der Waals surface area contributed by atoms with Crippen LogP contribution < -0.4 is 10.6 Å². The first kappa shape index (κ1) is 30.9. The van der Waals surface area contributed by atoms with Crippen molar-refractivity contribution < 1.29 is 24.2 Å². The molecule has 3 atom stereocenters. The van der Waals surface area contributed by atoms with E-state index in [2.05, 4.69) is 10.6 Å². The van der Waals surface area contributed by atoms with Gasteiger partial charge in [0.1, 0.15) is 6.10 Å². The van der Waals surface area contributed by atoms with Crippen molar-refractivity contribution in [1.82, 2.24) is 15.5 Å². The smallest absolute Gasteiger partial charge is 0.407 e. The Morgan fingerprint density at radius 2 is 1.95 bits per heavy atom. The molecule has 0 spiro atoms. The quantitative estimate of drug-likeness (QED) is 0.355. The fraction of sp³-hybridized carbons (Fsp3) is 0.481. The molecule has 3 rings (SSSR count). The van der Waals surface area contributed by atoms with Crippen LogP contribution in [-0.4, -0.2) is 75.1 Å². The summed E-state index contributed by atoms with van der Waals surface area (Å²) in [7, 11) is 3.40. The van der Waals surface area contributed by atoms with Gasteiger partial charge in [-0.25, -0.2) is 4.79 Å². The molecule has 2 aromatic carbocycles. The molecule has 0 aliphatic carbocycles. The fourth-order valence-corrected chi connectivity index (χ4v) is 4.52. The van der Waals surface area contributed by atoms with Gasteiger partial charge < -0.3 is 30.1 Å². The van der Waals surface area contributed by atoms with E-state index < -0.39 is 12.2 Å². The topological polar surface area (TPSA) is 100 Å². The molecule has 0 aromatic heterocycles. The van der Waals surface area contributed by atoms with Crippen molar-refractivity contribution in [2.45, 2.75) is 31.4 Å². The third-order valence-corrected chi connectivity index (χ3v) is 6.67. The van der Waals surface area contributed by atoms with Crippen LogP contribution in [-0.2, 0) is 9.47 Å². The number of nitrogens with zero attached hydrogens (tertiary/aromatic N) is 1. The molecular formula is C27H37Cl2N3O5. The predicted molar refractivity (Wildman–Crippen MR) is 147 cm³/mol. The Hall–Kier alpha value is -2.36. The number of likely N-dealkylation sites (N-methyl/N-ethyl adjacent to an activating group) is 2. The van der Waals surface area contributed by atoms with Crippen LogP contribution in [0.5, 0.6) is 0 Å². The number of rotatable bonds is 12. The van der Waals surface area contributed by atoms with E-state index in [1.165, 1.54) is 7.05 Å². The fourth-order valence-electron chi connectivity index (χ4n) is 4.32. The van der Waals surface area contributed by atoms with Crippen molar-refractivity contribution in [1.29, 1.82) is 0 Å². The number of nitrogens with one attached hydrogen (secondary N) is 2.